The van der Waals surface area contributed by atoms with Crippen LogP contribution in [0, 0.1) is 17.6 Å². The predicted molar refractivity (Wildman–Crippen MR) is 160 cm³/mol. The van der Waals surface area contributed by atoms with E-state index in [9.17, 15) is 23.2 Å². The minimum atomic E-state index is -2.51. The molecule has 3 N–H and O–H groups in total. The largest absolute Gasteiger partial charge is 0.326 e. The van der Waals surface area contributed by atoms with Crippen LogP contribution in [0.2, 0.25) is 15.1 Å². The quantitative estimate of drug-likeness (QED) is 0.222. The van der Waals surface area contributed by atoms with Crippen molar-refractivity contribution in [2.75, 3.05) is 16.0 Å². The van der Waals surface area contributed by atoms with E-state index in [1.807, 2.05) is 5.32 Å². The average Bonchev–Trinajstić information content (AvgIpc) is 3.47. The molecular formula is C25H13Cl8F2N3O3. The van der Waals surface area contributed by atoms with Crippen LogP contribution < -0.4 is 16.0 Å². The second-order valence-electron chi connectivity index (χ2n) is 8.68. The highest BCUT2D eigenvalue weighted by Crippen LogP contribution is 2.65. The molecule has 0 spiro atoms. The zero-order valence-corrected chi connectivity index (χ0v) is 25.8. The number of benzene rings is 3. The molecule has 4 rings (SSSR count). The summed E-state index contributed by atoms with van der Waals surface area (Å²) in [5, 5.41) is 7.19. The van der Waals surface area contributed by atoms with Crippen molar-refractivity contribution in [3.05, 3.63) is 86.4 Å². The third kappa shape index (κ3) is 6.92. The van der Waals surface area contributed by atoms with Gasteiger partial charge in [0.1, 0.15) is 15.8 Å². The second-order valence-corrected chi connectivity index (χ2v) is 13.6. The number of amides is 3. The first kappa shape index (κ1) is 32.2. The number of alkyl halides is 5. The molecule has 0 radical (unpaired) electrons. The van der Waals surface area contributed by atoms with Gasteiger partial charge in [-0.3, -0.25) is 14.4 Å². The van der Waals surface area contributed by atoms with Gasteiger partial charge in [0.25, 0.3) is 15.6 Å². The minimum absolute atomic E-state index is 0.0584. The molecule has 2 atom stereocenters. The minimum Gasteiger partial charge on any atom is -0.326 e. The summed E-state index contributed by atoms with van der Waals surface area (Å²) < 4.78 is 25.2. The molecular weight excluding hydrogens is 712 g/mol. The summed E-state index contributed by atoms with van der Waals surface area (Å²) in [4.78, 5) is 37.9. The Bertz CT molecular complexity index is 1580. The van der Waals surface area contributed by atoms with Crippen molar-refractivity contribution in [3.8, 4) is 0 Å². The van der Waals surface area contributed by atoms with Crippen molar-refractivity contribution in [2.45, 2.75) is 14.0 Å². The highest BCUT2D eigenvalue weighted by atomic mass is 35.6. The van der Waals surface area contributed by atoms with Gasteiger partial charge in [0.05, 0.1) is 32.2 Å². The second kappa shape index (κ2) is 12.1. The van der Waals surface area contributed by atoms with Crippen LogP contribution in [0.15, 0.2) is 48.5 Å². The summed E-state index contributed by atoms with van der Waals surface area (Å²) in [6.45, 7) is 0. The fourth-order valence-corrected chi connectivity index (χ4v) is 5.39. The zero-order chi connectivity index (χ0) is 30.4. The Morgan fingerprint density at radius 1 is 0.805 bits per heavy atom. The van der Waals surface area contributed by atoms with E-state index in [0.717, 1.165) is 12.1 Å². The van der Waals surface area contributed by atoms with Crippen molar-refractivity contribution in [1.82, 2.24) is 0 Å². The third-order valence-corrected chi connectivity index (χ3v) is 8.48. The lowest BCUT2D eigenvalue weighted by molar-refractivity contribution is -0.117. The van der Waals surface area contributed by atoms with Crippen molar-refractivity contribution >= 4 is 128 Å². The van der Waals surface area contributed by atoms with Crippen LogP contribution in [0.1, 0.15) is 21.8 Å². The van der Waals surface area contributed by atoms with Crippen molar-refractivity contribution in [2.24, 2.45) is 5.92 Å². The molecule has 1 aliphatic rings. The molecule has 16 heteroatoms. The van der Waals surface area contributed by atoms with Crippen LogP contribution in [0.25, 0.3) is 0 Å². The summed E-state index contributed by atoms with van der Waals surface area (Å²) in [6.07, 6.45) is 0. The number of nitrogens with one attached hydrogen (secondary N) is 3. The number of carbonyl (C=O) groups is 3. The fraction of sp³-hybridized carbons (Fsp3) is 0.160. The molecule has 0 bridgehead atoms. The maximum absolute atomic E-state index is 15.0. The van der Waals surface area contributed by atoms with Gasteiger partial charge in [0.2, 0.25) is 5.91 Å². The Labute approximate surface area is 271 Å². The van der Waals surface area contributed by atoms with E-state index in [-0.39, 0.29) is 21.3 Å². The highest BCUT2D eigenvalue weighted by molar-refractivity contribution is 6.76. The topological polar surface area (TPSA) is 87.3 Å². The van der Waals surface area contributed by atoms with Gasteiger partial charge in [-0.1, -0.05) is 75.7 Å². The number of hydrogen-bond donors (Lipinski definition) is 3. The van der Waals surface area contributed by atoms with Crippen LogP contribution in [-0.2, 0) is 9.59 Å². The lowest BCUT2D eigenvalue weighted by Crippen LogP contribution is -2.28. The van der Waals surface area contributed by atoms with E-state index in [1.54, 1.807) is 18.2 Å². The van der Waals surface area contributed by atoms with Crippen molar-refractivity contribution in [3.63, 3.8) is 0 Å². The normalized spacial score (nSPS) is 17.5. The molecule has 3 amide bonds. The van der Waals surface area contributed by atoms with Crippen LogP contribution in [-0.4, -0.2) is 25.8 Å². The zero-order valence-electron chi connectivity index (χ0n) is 19.8. The first-order valence-corrected chi connectivity index (χ1v) is 14.2. The standard InChI is InChI=1S/C25H13Cl8F2N3O3/c26-12-4-2-10(36-22(40)18-17(24(18,29)30)9-1-3-13(27)14(28)7-9)8-11(12)21(39)37-16-6-5-15(34)20(19(16)35)38-23(41)25(31,32)33/h1-8,17-18H,(H,36,40)(H,37,39)(H,38,41)/t17-,18?/m0/s1. The monoisotopic (exact) mass is 721 g/mol. The van der Waals surface area contributed by atoms with Crippen LogP contribution in [0.3, 0.4) is 0 Å². The summed E-state index contributed by atoms with van der Waals surface area (Å²) in [5.74, 6) is -6.83. The first-order valence-electron chi connectivity index (χ1n) is 11.1. The summed E-state index contributed by atoms with van der Waals surface area (Å²) in [7, 11) is 0. The van der Waals surface area contributed by atoms with Crippen LogP contribution in [0.5, 0.6) is 0 Å². The Morgan fingerprint density at radius 3 is 2.10 bits per heavy atom. The number of rotatable bonds is 6. The van der Waals surface area contributed by atoms with Gasteiger partial charge >= 0.3 is 0 Å². The molecule has 6 nitrogen and oxygen atoms in total. The molecule has 216 valence electrons. The molecule has 1 saturated carbocycles. The Balaban J connectivity index is 1.52. The average molecular weight is 725 g/mol. The van der Waals surface area contributed by atoms with E-state index in [1.165, 1.54) is 18.2 Å². The highest BCUT2D eigenvalue weighted by Gasteiger charge is 2.67. The molecule has 41 heavy (non-hydrogen) atoms. The Morgan fingerprint density at radius 2 is 1.46 bits per heavy atom. The summed E-state index contributed by atoms with van der Waals surface area (Å²) >= 11 is 47.3. The number of hydrogen-bond acceptors (Lipinski definition) is 3. The van der Waals surface area contributed by atoms with Gasteiger partial charge in [-0.2, -0.15) is 0 Å². The molecule has 1 unspecified atom stereocenters. The van der Waals surface area contributed by atoms with Gasteiger partial charge < -0.3 is 16.0 Å². The van der Waals surface area contributed by atoms with E-state index in [2.05, 4.69) is 10.6 Å². The number of carbonyl (C=O) groups excluding carboxylic acids is 3. The van der Waals surface area contributed by atoms with Gasteiger partial charge in [-0.15, -0.1) is 23.2 Å². The molecule has 0 aliphatic heterocycles. The Hall–Kier alpha value is -1.75. The lowest BCUT2D eigenvalue weighted by Gasteiger charge is -2.15. The maximum Gasteiger partial charge on any atom is 0.276 e. The summed E-state index contributed by atoms with van der Waals surface area (Å²) in [5.41, 5.74) is -0.925. The molecule has 1 fully saturated rings. The number of anilines is 3. The molecule has 0 aromatic heterocycles. The molecule has 3 aromatic rings. The molecule has 0 saturated heterocycles. The van der Waals surface area contributed by atoms with Gasteiger partial charge in [-0.05, 0) is 48.0 Å². The fourth-order valence-electron chi connectivity index (χ4n) is 3.91. The van der Waals surface area contributed by atoms with Gasteiger partial charge in [0.15, 0.2) is 5.82 Å². The molecule has 1 aliphatic carbocycles. The number of halogens is 10. The van der Waals surface area contributed by atoms with E-state index >= 15 is 0 Å². The van der Waals surface area contributed by atoms with E-state index in [4.69, 9.17) is 92.8 Å². The maximum atomic E-state index is 15.0. The van der Waals surface area contributed by atoms with Crippen LogP contribution >= 0.6 is 92.8 Å². The lowest BCUT2D eigenvalue weighted by atomic mass is 10.1. The van der Waals surface area contributed by atoms with E-state index < -0.39 is 60.7 Å². The molecule has 0 heterocycles. The molecule has 3 aromatic carbocycles. The summed E-state index contributed by atoms with van der Waals surface area (Å²) in [6, 6.07) is 10.4. The van der Waals surface area contributed by atoms with Crippen molar-refractivity contribution in [1.29, 1.82) is 0 Å². The first-order chi connectivity index (χ1) is 19.0. The third-order valence-electron chi connectivity index (χ3n) is 5.95. The van der Waals surface area contributed by atoms with Gasteiger partial charge in [-0.25, -0.2) is 8.78 Å². The van der Waals surface area contributed by atoms with E-state index in [0.29, 0.717) is 10.6 Å². The SMILES string of the molecule is O=C(Nc1ccc(F)c(NC(=O)C(Cl)(Cl)Cl)c1F)c1cc(NC(=O)C2[C@H](c3ccc(Cl)c(Cl)c3)C2(Cl)Cl)ccc1Cl. The Kier molecular flexibility index (Phi) is 9.49. The van der Waals surface area contributed by atoms with Crippen molar-refractivity contribution < 1.29 is 23.2 Å². The smallest absolute Gasteiger partial charge is 0.276 e. The van der Waals surface area contributed by atoms with Crippen LogP contribution in [0.4, 0.5) is 25.8 Å². The predicted octanol–water partition coefficient (Wildman–Crippen LogP) is 9.01. The van der Waals surface area contributed by atoms with Gasteiger partial charge in [0, 0.05) is 11.6 Å².